The van der Waals surface area contributed by atoms with Crippen molar-refractivity contribution in [2.45, 2.75) is 84.0 Å². The Kier molecular flexibility index (Phi) is 5.19. The van der Waals surface area contributed by atoms with E-state index in [0.29, 0.717) is 0 Å². The molecule has 0 amide bonds. The van der Waals surface area contributed by atoms with Crippen molar-refractivity contribution in [1.29, 1.82) is 0 Å². The van der Waals surface area contributed by atoms with Gasteiger partial charge in [0.25, 0.3) is 0 Å². The van der Waals surface area contributed by atoms with Crippen molar-refractivity contribution < 1.29 is 0 Å². The molecule has 0 aromatic heterocycles. The first kappa shape index (κ1) is 12.5. The molecule has 0 atom stereocenters. The quantitative estimate of drug-likeness (QED) is 0.544. The topological polar surface area (TPSA) is 0 Å². The Morgan fingerprint density at radius 3 is 1.50 bits per heavy atom. The van der Waals surface area contributed by atoms with Gasteiger partial charge >= 0.3 is 0 Å². The molecule has 16 heavy (non-hydrogen) atoms. The second kappa shape index (κ2) is 6.67. The lowest BCUT2D eigenvalue weighted by molar-refractivity contribution is 0.190. The van der Waals surface area contributed by atoms with Gasteiger partial charge in [0.05, 0.1) is 0 Å². The van der Waals surface area contributed by atoms with Crippen molar-refractivity contribution in [3.8, 4) is 0 Å². The van der Waals surface area contributed by atoms with Crippen molar-refractivity contribution >= 4 is 0 Å². The second-order valence-corrected chi connectivity index (χ2v) is 6.48. The minimum absolute atomic E-state index is 1.02. The zero-order valence-electron chi connectivity index (χ0n) is 11.2. The summed E-state index contributed by atoms with van der Waals surface area (Å²) in [7, 11) is 0. The summed E-state index contributed by atoms with van der Waals surface area (Å²) in [6.45, 7) is 2.44. The summed E-state index contributed by atoms with van der Waals surface area (Å²) in [5, 5.41) is 0. The average molecular weight is 222 g/mol. The Labute approximate surface area is 102 Å². The van der Waals surface area contributed by atoms with Crippen molar-refractivity contribution in [1.82, 2.24) is 0 Å². The minimum atomic E-state index is 1.02. The summed E-state index contributed by atoms with van der Waals surface area (Å²) < 4.78 is 0. The molecule has 2 saturated carbocycles. The van der Waals surface area contributed by atoms with Gasteiger partial charge in [-0.15, -0.1) is 0 Å². The average Bonchev–Trinajstić information content (AvgIpc) is 2.43. The maximum atomic E-state index is 2.44. The fourth-order valence-corrected chi connectivity index (χ4v) is 3.89. The van der Waals surface area contributed by atoms with Crippen LogP contribution in [-0.2, 0) is 0 Å². The van der Waals surface area contributed by atoms with Crippen molar-refractivity contribution in [2.24, 2.45) is 17.8 Å². The van der Waals surface area contributed by atoms with Gasteiger partial charge in [0.15, 0.2) is 0 Å². The fourth-order valence-electron chi connectivity index (χ4n) is 3.89. The fraction of sp³-hybridized carbons (Fsp3) is 1.00. The van der Waals surface area contributed by atoms with E-state index < -0.39 is 0 Å². The van der Waals surface area contributed by atoms with Gasteiger partial charge < -0.3 is 0 Å². The molecule has 2 rings (SSSR count). The Hall–Kier alpha value is 0. The molecule has 0 aliphatic heterocycles. The van der Waals surface area contributed by atoms with Crippen LogP contribution in [0.25, 0.3) is 0 Å². The predicted molar refractivity (Wildman–Crippen MR) is 71.5 cm³/mol. The summed E-state index contributed by atoms with van der Waals surface area (Å²) in [6, 6.07) is 0. The summed E-state index contributed by atoms with van der Waals surface area (Å²) >= 11 is 0. The van der Waals surface area contributed by atoms with Gasteiger partial charge in [-0.25, -0.2) is 0 Å². The van der Waals surface area contributed by atoms with Crippen molar-refractivity contribution in [3.05, 3.63) is 0 Å². The first-order chi connectivity index (χ1) is 7.86. The third kappa shape index (κ3) is 3.79. The van der Waals surface area contributed by atoms with E-state index in [0.717, 1.165) is 17.8 Å². The van der Waals surface area contributed by atoms with Gasteiger partial charge in [-0.2, -0.15) is 0 Å². The molecular weight excluding hydrogens is 192 g/mol. The highest BCUT2D eigenvalue weighted by Crippen LogP contribution is 2.38. The molecule has 94 valence electrons. The van der Waals surface area contributed by atoms with Crippen molar-refractivity contribution in [2.75, 3.05) is 0 Å². The lowest BCUT2D eigenvalue weighted by atomic mass is 9.73. The highest BCUT2D eigenvalue weighted by atomic mass is 14.3. The molecule has 0 spiro atoms. The highest BCUT2D eigenvalue weighted by molar-refractivity contribution is 4.77. The molecule has 2 aliphatic carbocycles. The normalized spacial score (nSPS) is 35.1. The van der Waals surface area contributed by atoms with E-state index in [1.807, 2.05) is 0 Å². The van der Waals surface area contributed by atoms with Crippen LogP contribution >= 0.6 is 0 Å². The van der Waals surface area contributed by atoms with Crippen LogP contribution < -0.4 is 0 Å². The summed E-state index contributed by atoms with van der Waals surface area (Å²) in [5.74, 6) is 3.23. The van der Waals surface area contributed by atoms with Gasteiger partial charge in [-0.1, -0.05) is 71.1 Å². The molecule has 0 aromatic rings. The molecule has 2 fully saturated rings. The molecule has 0 N–H and O–H groups in total. The lowest BCUT2D eigenvalue weighted by Gasteiger charge is -2.33. The first-order valence-electron chi connectivity index (χ1n) is 7.86. The van der Waals surface area contributed by atoms with Crippen LogP contribution in [0.4, 0.5) is 0 Å². The van der Waals surface area contributed by atoms with Gasteiger partial charge in [-0.3, -0.25) is 0 Å². The molecule has 0 nitrogen and oxygen atoms in total. The number of rotatable bonds is 1. The van der Waals surface area contributed by atoms with E-state index in [1.54, 1.807) is 25.7 Å². The molecule has 0 saturated heterocycles. The van der Waals surface area contributed by atoms with E-state index in [-0.39, 0.29) is 0 Å². The highest BCUT2D eigenvalue weighted by Gasteiger charge is 2.25. The van der Waals surface area contributed by atoms with Gasteiger partial charge in [0, 0.05) is 0 Å². The SMILES string of the molecule is CC1CCC(C2CCCCCCCC2)CC1. The van der Waals surface area contributed by atoms with Gasteiger partial charge in [0.1, 0.15) is 0 Å². The third-order valence-corrected chi connectivity index (χ3v) is 5.13. The lowest BCUT2D eigenvalue weighted by Crippen LogP contribution is -2.21. The van der Waals surface area contributed by atoms with E-state index >= 15 is 0 Å². The Balaban J connectivity index is 1.80. The zero-order chi connectivity index (χ0) is 11.2. The summed E-state index contributed by atoms with van der Waals surface area (Å²) in [5.41, 5.74) is 0. The molecule has 2 aliphatic rings. The van der Waals surface area contributed by atoms with E-state index in [1.165, 1.54) is 51.4 Å². The molecule has 0 heteroatoms. The van der Waals surface area contributed by atoms with Crippen LogP contribution in [0.1, 0.15) is 84.0 Å². The van der Waals surface area contributed by atoms with Crippen molar-refractivity contribution in [3.63, 3.8) is 0 Å². The Bertz CT molecular complexity index is 166. The standard InChI is InChI=1S/C16H30/c1-14-10-12-16(13-11-14)15-8-6-4-2-3-5-7-9-15/h14-16H,2-13H2,1H3. The minimum Gasteiger partial charge on any atom is -0.0625 e. The molecule has 0 radical (unpaired) electrons. The molecule has 0 heterocycles. The van der Waals surface area contributed by atoms with Gasteiger partial charge in [0.2, 0.25) is 0 Å². The number of hydrogen-bond donors (Lipinski definition) is 0. The molecular formula is C16H30. The van der Waals surface area contributed by atoms with Crippen LogP contribution in [0, 0.1) is 17.8 Å². The summed E-state index contributed by atoms with van der Waals surface area (Å²) in [6.07, 6.45) is 18.3. The first-order valence-corrected chi connectivity index (χ1v) is 7.86. The van der Waals surface area contributed by atoms with E-state index in [4.69, 9.17) is 0 Å². The predicted octanol–water partition coefficient (Wildman–Crippen LogP) is 5.56. The largest absolute Gasteiger partial charge is 0.0625 e. The van der Waals surface area contributed by atoms with Crippen LogP contribution in [0.2, 0.25) is 0 Å². The maximum absolute atomic E-state index is 2.44. The van der Waals surface area contributed by atoms with Gasteiger partial charge in [-0.05, 0) is 30.6 Å². The van der Waals surface area contributed by atoms with Crippen LogP contribution in [-0.4, -0.2) is 0 Å². The smallest absolute Gasteiger partial charge is 0.0386 e. The summed E-state index contributed by atoms with van der Waals surface area (Å²) in [4.78, 5) is 0. The molecule has 0 unspecified atom stereocenters. The Morgan fingerprint density at radius 2 is 0.938 bits per heavy atom. The number of hydrogen-bond acceptors (Lipinski definition) is 0. The monoisotopic (exact) mass is 222 g/mol. The molecule has 0 aromatic carbocycles. The van der Waals surface area contributed by atoms with Crippen LogP contribution in [0.15, 0.2) is 0 Å². The Morgan fingerprint density at radius 1 is 0.500 bits per heavy atom. The maximum Gasteiger partial charge on any atom is -0.0386 e. The van der Waals surface area contributed by atoms with Crippen LogP contribution in [0.5, 0.6) is 0 Å². The third-order valence-electron chi connectivity index (χ3n) is 5.13. The second-order valence-electron chi connectivity index (χ2n) is 6.48. The van der Waals surface area contributed by atoms with Crippen LogP contribution in [0.3, 0.4) is 0 Å². The molecule has 0 bridgehead atoms. The zero-order valence-corrected chi connectivity index (χ0v) is 11.2. The van der Waals surface area contributed by atoms with E-state index in [2.05, 4.69) is 6.92 Å². The van der Waals surface area contributed by atoms with E-state index in [9.17, 15) is 0 Å².